The Hall–Kier alpha value is -0.910. The number of carbonyl (C=O) groups excluding carboxylic acids is 1. The van der Waals surface area contributed by atoms with Crippen LogP contribution in [-0.4, -0.2) is 44.2 Å². The summed E-state index contributed by atoms with van der Waals surface area (Å²) >= 11 is 1.69. The SMILES string of the molecule is COC(=O)CC(NC1CCCN(C)C1)c1cccs1. The first-order valence-electron chi connectivity index (χ1n) is 6.74. The Kier molecular flexibility index (Phi) is 5.36. The molecule has 4 nitrogen and oxygen atoms in total. The molecule has 19 heavy (non-hydrogen) atoms. The van der Waals surface area contributed by atoms with Crippen molar-refractivity contribution in [3.8, 4) is 0 Å². The van der Waals surface area contributed by atoms with Crippen LogP contribution in [0.3, 0.4) is 0 Å². The molecule has 0 aliphatic carbocycles. The molecule has 2 heterocycles. The Morgan fingerprint density at radius 2 is 2.53 bits per heavy atom. The Bertz CT molecular complexity index is 394. The van der Waals surface area contributed by atoms with Gasteiger partial charge >= 0.3 is 5.97 Å². The van der Waals surface area contributed by atoms with Crippen molar-refractivity contribution in [2.75, 3.05) is 27.2 Å². The van der Waals surface area contributed by atoms with Gasteiger partial charge in [-0.25, -0.2) is 0 Å². The number of piperidine rings is 1. The van der Waals surface area contributed by atoms with Crippen LogP contribution >= 0.6 is 11.3 Å². The number of nitrogens with one attached hydrogen (secondary N) is 1. The van der Waals surface area contributed by atoms with Gasteiger partial charge in [-0.3, -0.25) is 4.79 Å². The van der Waals surface area contributed by atoms with Crippen LogP contribution in [-0.2, 0) is 9.53 Å². The van der Waals surface area contributed by atoms with E-state index in [1.165, 1.54) is 31.4 Å². The Morgan fingerprint density at radius 3 is 3.16 bits per heavy atom. The van der Waals surface area contributed by atoms with Crippen molar-refractivity contribution in [2.24, 2.45) is 0 Å². The molecule has 2 rings (SSSR count). The van der Waals surface area contributed by atoms with Crippen molar-refractivity contribution in [1.29, 1.82) is 0 Å². The van der Waals surface area contributed by atoms with Crippen molar-refractivity contribution in [1.82, 2.24) is 10.2 Å². The highest BCUT2D eigenvalue weighted by Gasteiger charge is 2.23. The van der Waals surface area contributed by atoms with Gasteiger partial charge < -0.3 is 15.0 Å². The first-order valence-corrected chi connectivity index (χ1v) is 7.62. The molecule has 0 bridgehead atoms. The molecular formula is C14H22N2O2S. The van der Waals surface area contributed by atoms with Gasteiger partial charge in [-0.1, -0.05) is 6.07 Å². The number of likely N-dealkylation sites (tertiary alicyclic amines) is 1. The van der Waals surface area contributed by atoms with Gasteiger partial charge in [0.05, 0.1) is 19.6 Å². The highest BCUT2D eigenvalue weighted by Crippen LogP contribution is 2.24. The summed E-state index contributed by atoms with van der Waals surface area (Å²) in [6, 6.07) is 4.64. The summed E-state index contributed by atoms with van der Waals surface area (Å²) in [6.07, 6.45) is 2.79. The molecule has 1 aromatic rings. The van der Waals surface area contributed by atoms with Crippen LogP contribution in [0.15, 0.2) is 17.5 Å². The summed E-state index contributed by atoms with van der Waals surface area (Å²) in [5.74, 6) is -0.157. The number of ether oxygens (including phenoxy) is 1. The lowest BCUT2D eigenvalue weighted by molar-refractivity contribution is -0.141. The maximum Gasteiger partial charge on any atom is 0.307 e. The fourth-order valence-corrected chi connectivity index (χ4v) is 3.36. The van der Waals surface area contributed by atoms with E-state index in [1.807, 2.05) is 11.4 Å². The van der Waals surface area contributed by atoms with Crippen LogP contribution in [0.25, 0.3) is 0 Å². The number of methoxy groups -OCH3 is 1. The number of esters is 1. The number of thiophene rings is 1. The molecule has 1 aliphatic rings. The highest BCUT2D eigenvalue weighted by atomic mass is 32.1. The molecular weight excluding hydrogens is 260 g/mol. The van der Waals surface area contributed by atoms with E-state index in [1.54, 1.807) is 11.3 Å². The zero-order valence-corrected chi connectivity index (χ0v) is 12.4. The molecule has 5 heteroatoms. The van der Waals surface area contributed by atoms with Gasteiger partial charge in [0.2, 0.25) is 0 Å². The van der Waals surface area contributed by atoms with Gasteiger partial charge in [0.25, 0.3) is 0 Å². The predicted molar refractivity (Wildman–Crippen MR) is 77.3 cm³/mol. The van der Waals surface area contributed by atoms with Crippen molar-refractivity contribution >= 4 is 17.3 Å². The molecule has 2 atom stereocenters. The molecule has 1 saturated heterocycles. The third kappa shape index (κ3) is 4.30. The van der Waals surface area contributed by atoms with Crippen LogP contribution in [0.5, 0.6) is 0 Å². The zero-order chi connectivity index (χ0) is 13.7. The van der Waals surface area contributed by atoms with Crippen molar-refractivity contribution in [2.45, 2.75) is 31.3 Å². The second-order valence-electron chi connectivity index (χ2n) is 5.12. The third-order valence-electron chi connectivity index (χ3n) is 3.55. The number of hydrogen-bond donors (Lipinski definition) is 1. The normalized spacial score (nSPS) is 22.1. The summed E-state index contributed by atoms with van der Waals surface area (Å²) in [5.41, 5.74) is 0. The molecule has 0 spiro atoms. The average molecular weight is 282 g/mol. The number of hydrogen-bond acceptors (Lipinski definition) is 5. The largest absolute Gasteiger partial charge is 0.469 e. The van der Waals surface area contributed by atoms with Gasteiger partial charge in [-0.05, 0) is 37.9 Å². The smallest absolute Gasteiger partial charge is 0.307 e. The lowest BCUT2D eigenvalue weighted by Crippen LogP contribution is -2.45. The summed E-state index contributed by atoms with van der Waals surface area (Å²) in [4.78, 5) is 15.1. The molecule has 2 unspecified atom stereocenters. The third-order valence-corrected chi connectivity index (χ3v) is 4.53. The van der Waals surface area contributed by atoms with E-state index in [0.29, 0.717) is 12.5 Å². The number of likely N-dealkylation sites (N-methyl/N-ethyl adjacent to an activating group) is 1. The standard InChI is InChI=1S/C14H22N2O2S/c1-16-7-3-5-11(10-16)15-12(9-14(17)18-2)13-6-4-8-19-13/h4,6,8,11-12,15H,3,5,7,9-10H2,1-2H3. The maximum absolute atomic E-state index is 11.6. The second kappa shape index (κ2) is 7.03. The minimum atomic E-state index is -0.157. The Balaban J connectivity index is 1.99. The fraction of sp³-hybridized carbons (Fsp3) is 0.643. The molecule has 106 valence electrons. The predicted octanol–water partition coefficient (Wildman–Crippen LogP) is 2.04. The van der Waals surface area contributed by atoms with Gasteiger partial charge in [-0.15, -0.1) is 11.3 Å². The topological polar surface area (TPSA) is 41.6 Å². The number of rotatable bonds is 5. The molecule has 1 N–H and O–H groups in total. The Morgan fingerprint density at radius 1 is 1.68 bits per heavy atom. The summed E-state index contributed by atoms with van der Waals surface area (Å²) in [5, 5.41) is 5.67. The minimum Gasteiger partial charge on any atom is -0.469 e. The van der Waals surface area contributed by atoms with Crippen LogP contribution in [0.2, 0.25) is 0 Å². The lowest BCUT2D eigenvalue weighted by atomic mass is 10.0. The molecule has 0 radical (unpaired) electrons. The van der Waals surface area contributed by atoms with Gasteiger partial charge in [0.1, 0.15) is 0 Å². The van der Waals surface area contributed by atoms with E-state index in [0.717, 1.165) is 6.54 Å². The maximum atomic E-state index is 11.6. The molecule has 0 saturated carbocycles. The molecule has 1 fully saturated rings. The zero-order valence-electron chi connectivity index (χ0n) is 11.6. The van der Waals surface area contributed by atoms with Crippen LogP contribution in [0.1, 0.15) is 30.2 Å². The molecule has 1 aromatic heterocycles. The van der Waals surface area contributed by atoms with E-state index < -0.39 is 0 Å². The van der Waals surface area contributed by atoms with Crippen molar-refractivity contribution in [3.63, 3.8) is 0 Å². The van der Waals surface area contributed by atoms with Crippen molar-refractivity contribution < 1.29 is 9.53 Å². The molecule has 0 aromatic carbocycles. The summed E-state index contributed by atoms with van der Waals surface area (Å²) < 4.78 is 4.80. The van der Waals surface area contributed by atoms with E-state index >= 15 is 0 Å². The van der Waals surface area contributed by atoms with Crippen LogP contribution < -0.4 is 5.32 Å². The van der Waals surface area contributed by atoms with E-state index in [-0.39, 0.29) is 12.0 Å². The number of carbonyl (C=O) groups is 1. The van der Waals surface area contributed by atoms with E-state index in [9.17, 15) is 4.79 Å². The van der Waals surface area contributed by atoms with Crippen LogP contribution in [0, 0.1) is 0 Å². The van der Waals surface area contributed by atoms with Gasteiger partial charge in [0, 0.05) is 17.5 Å². The average Bonchev–Trinajstić information content (AvgIpc) is 2.91. The lowest BCUT2D eigenvalue weighted by Gasteiger charge is -2.32. The molecule has 0 amide bonds. The number of nitrogens with zero attached hydrogens (tertiary/aromatic N) is 1. The summed E-state index contributed by atoms with van der Waals surface area (Å²) in [6.45, 7) is 2.21. The van der Waals surface area contributed by atoms with E-state index in [2.05, 4.69) is 23.3 Å². The second-order valence-corrected chi connectivity index (χ2v) is 6.10. The van der Waals surface area contributed by atoms with E-state index in [4.69, 9.17) is 4.74 Å². The molecule has 1 aliphatic heterocycles. The monoisotopic (exact) mass is 282 g/mol. The van der Waals surface area contributed by atoms with Crippen molar-refractivity contribution in [3.05, 3.63) is 22.4 Å². The minimum absolute atomic E-state index is 0.0731. The Labute approximate surface area is 118 Å². The first kappa shape index (κ1) is 14.5. The summed E-state index contributed by atoms with van der Waals surface area (Å²) in [7, 11) is 3.59. The highest BCUT2D eigenvalue weighted by molar-refractivity contribution is 7.10. The van der Waals surface area contributed by atoms with Crippen LogP contribution in [0.4, 0.5) is 0 Å². The fourth-order valence-electron chi connectivity index (χ4n) is 2.57. The quantitative estimate of drug-likeness (QED) is 0.839. The first-order chi connectivity index (χ1) is 9.19. The van der Waals surface area contributed by atoms with Gasteiger partial charge in [0.15, 0.2) is 0 Å². The van der Waals surface area contributed by atoms with Gasteiger partial charge in [-0.2, -0.15) is 0 Å².